The fraction of sp³-hybridized carbons (Fsp3) is 0.571. The normalized spacial score (nSPS) is 24.4. The Kier molecular flexibility index (Phi) is 5.23. The van der Waals surface area contributed by atoms with Crippen LogP contribution in [0.1, 0.15) is 37.7 Å². The first-order valence-electron chi connectivity index (χ1n) is 6.94. The molecule has 2 atom stereocenters. The van der Waals surface area contributed by atoms with E-state index in [0.29, 0.717) is 4.47 Å². The molecular weight excluding hydrogens is 340 g/mol. The topological polar surface area (TPSA) is 72.2 Å². The zero-order valence-corrected chi connectivity index (χ0v) is 14.0. The lowest BCUT2D eigenvalue weighted by Gasteiger charge is -2.23. The minimum atomic E-state index is -3.53. The second-order valence-corrected chi connectivity index (χ2v) is 8.00. The van der Waals surface area contributed by atoms with Gasteiger partial charge in [0.15, 0.2) is 0 Å². The fourth-order valence-corrected chi connectivity index (χ4v) is 5.08. The van der Waals surface area contributed by atoms with Gasteiger partial charge in [-0.3, -0.25) is 0 Å². The predicted molar refractivity (Wildman–Crippen MR) is 84.0 cm³/mol. The molecule has 1 aromatic carbocycles. The second-order valence-electron chi connectivity index (χ2n) is 5.46. The van der Waals surface area contributed by atoms with Gasteiger partial charge >= 0.3 is 0 Å². The number of halogens is 1. The summed E-state index contributed by atoms with van der Waals surface area (Å²) in [6.07, 6.45) is 4.91. The van der Waals surface area contributed by atoms with Crippen LogP contribution in [0.5, 0.6) is 0 Å². The summed E-state index contributed by atoms with van der Waals surface area (Å²) in [6, 6.07) is 4.96. The molecule has 0 aromatic heterocycles. The Hall–Kier alpha value is -0.430. The Labute approximate surface area is 129 Å². The molecule has 0 radical (unpaired) electrons. The summed E-state index contributed by atoms with van der Waals surface area (Å²) in [4.78, 5) is 0.277. The van der Waals surface area contributed by atoms with Crippen molar-refractivity contribution in [3.63, 3.8) is 0 Å². The monoisotopic (exact) mass is 360 g/mol. The van der Waals surface area contributed by atoms with Gasteiger partial charge in [-0.1, -0.05) is 25.3 Å². The molecule has 1 aromatic rings. The maximum atomic E-state index is 12.5. The van der Waals surface area contributed by atoms with E-state index in [0.717, 1.165) is 37.7 Å². The van der Waals surface area contributed by atoms with E-state index in [2.05, 4.69) is 20.7 Å². The predicted octanol–water partition coefficient (Wildman–Crippen LogP) is 2.70. The van der Waals surface area contributed by atoms with Crippen molar-refractivity contribution in [3.8, 4) is 0 Å². The minimum absolute atomic E-state index is 0.100. The number of nitrogens with two attached hydrogens (primary N) is 1. The first kappa shape index (κ1) is 15.9. The van der Waals surface area contributed by atoms with Gasteiger partial charge in [0.25, 0.3) is 0 Å². The molecule has 2 unspecified atom stereocenters. The van der Waals surface area contributed by atoms with E-state index < -0.39 is 10.0 Å². The molecule has 1 aliphatic carbocycles. The Morgan fingerprint density at radius 1 is 1.25 bits per heavy atom. The fourth-order valence-electron chi connectivity index (χ4n) is 2.57. The highest BCUT2D eigenvalue weighted by atomic mass is 79.9. The van der Waals surface area contributed by atoms with Crippen molar-refractivity contribution in [1.29, 1.82) is 0 Å². The van der Waals surface area contributed by atoms with Crippen LogP contribution in [0.15, 0.2) is 27.6 Å². The summed E-state index contributed by atoms with van der Waals surface area (Å²) in [5, 5.41) is 0. The van der Waals surface area contributed by atoms with Crippen LogP contribution in [0.4, 0.5) is 0 Å². The quantitative estimate of drug-likeness (QED) is 0.813. The van der Waals surface area contributed by atoms with E-state index in [1.54, 1.807) is 12.1 Å². The number of aryl methyl sites for hydroxylation is 1. The van der Waals surface area contributed by atoms with Gasteiger partial charge in [-0.05, 0) is 53.4 Å². The molecule has 3 N–H and O–H groups in total. The van der Waals surface area contributed by atoms with Crippen molar-refractivity contribution >= 4 is 26.0 Å². The van der Waals surface area contributed by atoms with Gasteiger partial charge < -0.3 is 5.73 Å². The van der Waals surface area contributed by atoms with E-state index in [-0.39, 0.29) is 17.0 Å². The zero-order valence-electron chi connectivity index (χ0n) is 11.6. The summed E-state index contributed by atoms with van der Waals surface area (Å²) in [7, 11) is -3.53. The molecule has 4 nitrogen and oxygen atoms in total. The highest BCUT2D eigenvalue weighted by molar-refractivity contribution is 9.10. The minimum Gasteiger partial charge on any atom is -0.326 e. The van der Waals surface area contributed by atoms with Crippen LogP contribution in [-0.2, 0) is 10.0 Å². The average molecular weight is 361 g/mol. The average Bonchev–Trinajstić information content (AvgIpc) is 2.54. The van der Waals surface area contributed by atoms with Crippen LogP contribution >= 0.6 is 15.9 Å². The number of benzene rings is 1. The summed E-state index contributed by atoms with van der Waals surface area (Å²) < 4.78 is 28.4. The largest absolute Gasteiger partial charge is 0.326 e. The molecule has 2 rings (SSSR count). The standard InChI is InChI=1S/C14H21BrN2O2S/c1-10-7-8-14(11(15)9-10)20(18,19)17-13-6-4-2-3-5-12(13)16/h7-9,12-13,17H,2-6,16H2,1H3. The van der Waals surface area contributed by atoms with Crippen molar-refractivity contribution in [2.75, 3.05) is 0 Å². The van der Waals surface area contributed by atoms with Crippen LogP contribution in [0, 0.1) is 6.92 Å². The van der Waals surface area contributed by atoms with Gasteiger partial charge in [-0.25, -0.2) is 13.1 Å². The summed E-state index contributed by atoms with van der Waals surface area (Å²) >= 11 is 3.33. The molecular formula is C14H21BrN2O2S. The molecule has 112 valence electrons. The third-order valence-corrected chi connectivity index (χ3v) is 6.22. The van der Waals surface area contributed by atoms with Crippen molar-refractivity contribution in [2.45, 2.75) is 56.0 Å². The van der Waals surface area contributed by atoms with Gasteiger partial charge in [-0.15, -0.1) is 0 Å². The molecule has 0 spiro atoms. The third-order valence-electron chi connectivity index (χ3n) is 3.75. The zero-order chi connectivity index (χ0) is 14.8. The number of rotatable bonds is 3. The first-order chi connectivity index (χ1) is 9.40. The Balaban J connectivity index is 2.21. The maximum Gasteiger partial charge on any atom is 0.241 e. The van der Waals surface area contributed by atoms with Crippen LogP contribution in [0.25, 0.3) is 0 Å². The molecule has 1 saturated carbocycles. The van der Waals surface area contributed by atoms with E-state index in [1.807, 2.05) is 13.0 Å². The second kappa shape index (κ2) is 6.56. The van der Waals surface area contributed by atoms with Gasteiger partial charge in [-0.2, -0.15) is 0 Å². The van der Waals surface area contributed by atoms with Crippen molar-refractivity contribution < 1.29 is 8.42 Å². The summed E-state index contributed by atoms with van der Waals surface area (Å²) in [5.74, 6) is 0. The lowest BCUT2D eigenvalue weighted by atomic mass is 10.1. The van der Waals surface area contributed by atoms with Crippen molar-refractivity contribution in [1.82, 2.24) is 4.72 Å². The van der Waals surface area contributed by atoms with Crippen LogP contribution in [-0.4, -0.2) is 20.5 Å². The van der Waals surface area contributed by atoms with Gasteiger partial charge in [0.1, 0.15) is 0 Å². The SMILES string of the molecule is Cc1ccc(S(=O)(=O)NC2CCCCCC2N)c(Br)c1. The lowest BCUT2D eigenvalue weighted by Crippen LogP contribution is -2.46. The highest BCUT2D eigenvalue weighted by Crippen LogP contribution is 2.25. The lowest BCUT2D eigenvalue weighted by molar-refractivity contribution is 0.456. The van der Waals surface area contributed by atoms with Gasteiger partial charge in [0.05, 0.1) is 4.90 Å². The third kappa shape index (κ3) is 3.81. The van der Waals surface area contributed by atoms with E-state index in [1.165, 1.54) is 0 Å². The van der Waals surface area contributed by atoms with Crippen LogP contribution < -0.4 is 10.5 Å². The summed E-state index contributed by atoms with van der Waals surface area (Å²) in [5.41, 5.74) is 7.10. The summed E-state index contributed by atoms with van der Waals surface area (Å²) in [6.45, 7) is 1.93. The van der Waals surface area contributed by atoms with Crippen molar-refractivity contribution in [3.05, 3.63) is 28.2 Å². The number of sulfonamides is 1. The Morgan fingerprint density at radius 2 is 1.95 bits per heavy atom. The van der Waals surface area contributed by atoms with Crippen molar-refractivity contribution in [2.24, 2.45) is 5.73 Å². The first-order valence-corrected chi connectivity index (χ1v) is 9.22. The van der Waals surface area contributed by atoms with Gasteiger partial charge in [0, 0.05) is 16.6 Å². The molecule has 1 aliphatic rings. The maximum absolute atomic E-state index is 12.5. The molecule has 20 heavy (non-hydrogen) atoms. The van der Waals surface area contributed by atoms with E-state index >= 15 is 0 Å². The van der Waals surface area contributed by atoms with Gasteiger partial charge in [0.2, 0.25) is 10.0 Å². The highest BCUT2D eigenvalue weighted by Gasteiger charge is 2.27. The Morgan fingerprint density at radius 3 is 2.65 bits per heavy atom. The van der Waals surface area contributed by atoms with E-state index in [4.69, 9.17) is 5.73 Å². The Bertz CT molecular complexity index is 575. The molecule has 0 saturated heterocycles. The molecule has 0 amide bonds. The van der Waals surface area contributed by atoms with Crippen LogP contribution in [0.3, 0.4) is 0 Å². The number of hydrogen-bond acceptors (Lipinski definition) is 3. The number of nitrogens with one attached hydrogen (secondary N) is 1. The molecule has 6 heteroatoms. The van der Waals surface area contributed by atoms with Crippen LogP contribution in [0.2, 0.25) is 0 Å². The molecule has 1 fully saturated rings. The smallest absolute Gasteiger partial charge is 0.241 e. The van der Waals surface area contributed by atoms with E-state index in [9.17, 15) is 8.42 Å². The molecule has 0 aliphatic heterocycles. The number of hydrogen-bond donors (Lipinski definition) is 2. The molecule has 0 bridgehead atoms. The molecule has 0 heterocycles.